The number of H-pyrrole nitrogens is 2. The maximum Gasteiger partial charge on any atom is 0.490 e. The molecule has 5 atom stereocenters. The van der Waals surface area contributed by atoms with E-state index in [4.69, 9.17) is 14.5 Å². The van der Waals surface area contributed by atoms with Crippen molar-refractivity contribution >= 4 is 57.1 Å². The lowest BCUT2D eigenvalue weighted by molar-refractivity contribution is -0.121. The predicted octanol–water partition coefficient (Wildman–Crippen LogP) is 1.10. The average Bonchev–Trinajstić information content (AvgIpc) is 3.48. The third-order valence-corrected chi connectivity index (χ3v) is 12.4. The molecule has 0 spiro atoms. The Hall–Kier alpha value is -4.14. The normalized spacial score (nSPS) is 19.3. The van der Waals surface area contributed by atoms with Crippen molar-refractivity contribution in [2.24, 2.45) is 0 Å². The van der Waals surface area contributed by atoms with E-state index in [-0.39, 0.29) is 36.3 Å². The number of pyridine rings is 1. The topological polar surface area (TPSA) is 335 Å². The summed E-state index contributed by atoms with van der Waals surface area (Å²) in [6.45, 7) is -0.245. The molecule has 0 aliphatic carbocycles. The van der Waals surface area contributed by atoms with Crippen molar-refractivity contribution in [3.05, 3.63) is 90.8 Å². The molecule has 0 radical (unpaired) electrons. The summed E-state index contributed by atoms with van der Waals surface area (Å²) >= 11 is 0. The molecule has 4 aromatic rings. The zero-order valence-corrected chi connectivity index (χ0v) is 32.5. The molecule has 0 saturated carbocycles. The smallest absolute Gasteiger partial charge is 0.390 e. The summed E-state index contributed by atoms with van der Waals surface area (Å²) < 4.78 is 52.4. The van der Waals surface area contributed by atoms with Crippen molar-refractivity contribution < 1.29 is 65.8 Å². The maximum absolute atomic E-state index is 12.9. The monoisotopic (exact) mass is 859 g/mol. The lowest BCUT2D eigenvalue weighted by Crippen LogP contribution is -2.36. The van der Waals surface area contributed by atoms with Crippen molar-refractivity contribution in [3.8, 4) is 0 Å². The molecule has 22 nitrogen and oxygen atoms in total. The van der Waals surface area contributed by atoms with E-state index in [1.807, 2.05) is 17.1 Å². The van der Waals surface area contributed by atoms with Crippen molar-refractivity contribution in [2.45, 2.75) is 63.4 Å². The number of nitrogens with one attached hydrogen (secondary N) is 4. The van der Waals surface area contributed by atoms with Crippen molar-refractivity contribution in [1.29, 1.82) is 0 Å². The number of aliphatic hydroxyl groups is 1. The SMILES string of the molecule is O=C(Cc1ccc2[nH]c3ccccc3c(=O)c2c1)NCCCCCCNC(=O)Cc1cn([C@H]2C[C@H](O)[C@@H](COP(=O)(O)OP(=O)(O)OP(=O)(O)O)O2)c(=O)[nH]c1=O. The van der Waals surface area contributed by atoms with Gasteiger partial charge in [0.05, 0.1) is 25.6 Å². The van der Waals surface area contributed by atoms with E-state index in [9.17, 15) is 52.6 Å². The zero-order chi connectivity index (χ0) is 41.5. The number of amides is 2. The van der Waals surface area contributed by atoms with Crippen molar-refractivity contribution in [1.82, 2.24) is 25.2 Å². The summed E-state index contributed by atoms with van der Waals surface area (Å²) in [6.07, 6.45) is -0.933. The van der Waals surface area contributed by atoms with Gasteiger partial charge in [0.2, 0.25) is 11.8 Å². The Morgan fingerprint density at radius 2 is 1.47 bits per heavy atom. The molecule has 1 saturated heterocycles. The van der Waals surface area contributed by atoms with Crippen LogP contribution in [0.5, 0.6) is 0 Å². The van der Waals surface area contributed by atoms with E-state index in [0.717, 1.165) is 29.1 Å². The van der Waals surface area contributed by atoms with Crippen LogP contribution < -0.4 is 27.3 Å². The van der Waals surface area contributed by atoms with Gasteiger partial charge in [-0.05, 0) is 42.7 Å². The number of ether oxygens (including phenoxy) is 1. The maximum atomic E-state index is 12.9. The van der Waals surface area contributed by atoms with Gasteiger partial charge in [0.1, 0.15) is 12.3 Å². The number of nitrogens with zero attached hydrogens (tertiary/aromatic N) is 1. The van der Waals surface area contributed by atoms with E-state index in [1.165, 1.54) is 0 Å². The van der Waals surface area contributed by atoms with Crippen LogP contribution in [0.1, 0.15) is 49.5 Å². The first-order valence-electron chi connectivity index (χ1n) is 17.3. The Labute approximate surface area is 321 Å². The highest BCUT2D eigenvalue weighted by molar-refractivity contribution is 7.66. The molecule has 5 rings (SSSR count). The van der Waals surface area contributed by atoms with Gasteiger partial charge < -0.3 is 45.0 Å². The molecule has 1 fully saturated rings. The largest absolute Gasteiger partial charge is 0.490 e. The highest BCUT2D eigenvalue weighted by Crippen LogP contribution is 2.66. The first kappa shape index (κ1) is 44.0. The molecule has 2 aromatic carbocycles. The van der Waals surface area contributed by atoms with Gasteiger partial charge in [-0.15, -0.1) is 0 Å². The number of aromatic amines is 2. The molecule has 57 heavy (non-hydrogen) atoms. The fraction of sp³-hybridized carbons (Fsp3) is 0.406. The number of aromatic nitrogens is 3. The predicted molar refractivity (Wildman–Crippen MR) is 200 cm³/mol. The van der Waals surface area contributed by atoms with Gasteiger partial charge in [-0.25, -0.2) is 18.5 Å². The van der Waals surface area contributed by atoms with Crippen LogP contribution in [0.3, 0.4) is 0 Å². The van der Waals surface area contributed by atoms with E-state index in [0.29, 0.717) is 41.2 Å². The van der Waals surface area contributed by atoms with Gasteiger partial charge in [0, 0.05) is 53.1 Å². The summed E-state index contributed by atoms with van der Waals surface area (Å²) in [5, 5.41) is 17.0. The summed E-state index contributed by atoms with van der Waals surface area (Å²) in [5.74, 6) is -0.704. The lowest BCUT2D eigenvalue weighted by atomic mass is 10.1. The molecule has 1 aliphatic heterocycles. The fourth-order valence-corrected chi connectivity index (χ4v) is 9.02. The Balaban J connectivity index is 1.00. The second kappa shape index (κ2) is 18.6. The van der Waals surface area contributed by atoms with Crippen molar-refractivity contribution in [3.63, 3.8) is 0 Å². The number of para-hydroxylation sites is 1. The molecular formula is C32H40N5O17P3. The molecule has 9 N–H and O–H groups in total. The molecule has 1 aliphatic rings. The molecule has 3 heterocycles. The van der Waals surface area contributed by atoms with Gasteiger partial charge in [-0.1, -0.05) is 31.0 Å². The fourth-order valence-electron chi connectivity index (χ4n) is 5.99. The number of hydrogen-bond acceptors (Lipinski definition) is 13. The Morgan fingerprint density at radius 3 is 2.16 bits per heavy atom. The molecule has 2 aromatic heterocycles. The number of phosphoric acid groups is 3. The van der Waals surface area contributed by atoms with E-state index >= 15 is 0 Å². The average molecular weight is 860 g/mol. The Morgan fingerprint density at radius 1 is 0.825 bits per heavy atom. The van der Waals surface area contributed by atoms with Crippen LogP contribution >= 0.6 is 23.5 Å². The highest BCUT2D eigenvalue weighted by Gasteiger charge is 2.43. The molecule has 25 heteroatoms. The molecule has 2 unspecified atom stereocenters. The van der Waals surface area contributed by atoms with Crippen molar-refractivity contribution in [2.75, 3.05) is 19.7 Å². The highest BCUT2D eigenvalue weighted by atomic mass is 31.3. The molecule has 2 amide bonds. The first-order chi connectivity index (χ1) is 26.8. The van der Waals surface area contributed by atoms with Crippen LogP contribution in [0, 0.1) is 0 Å². The Kier molecular flexibility index (Phi) is 14.4. The van der Waals surface area contributed by atoms with Crippen LogP contribution in [-0.2, 0) is 54.0 Å². The van der Waals surface area contributed by atoms with Crippen LogP contribution in [-0.4, -0.2) is 82.9 Å². The third-order valence-electron chi connectivity index (χ3n) is 8.61. The van der Waals surface area contributed by atoms with E-state index in [2.05, 4.69) is 28.8 Å². The first-order valence-corrected chi connectivity index (χ1v) is 21.8. The summed E-state index contributed by atoms with van der Waals surface area (Å²) in [5.41, 5.74) is 0.100. The number of benzene rings is 2. The van der Waals surface area contributed by atoms with Crippen LogP contribution in [0.25, 0.3) is 21.8 Å². The minimum absolute atomic E-state index is 0.103. The number of hydrogen-bond donors (Lipinski definition) is 9. The van der Waals surface area contributed by atoms with Gasteiger partial charge >= 0.3 is 29.2 Å². The molecule has 0 bridgehead atoms. The number of carbonyl (C=O) groups excluding carboxylic acids is 2. The number of fused-ring (bicyclic) bond motifs is 2. The number of rotatable bonds is 19. The van der Waals surface area contributed by atoms with Crippen LogP contribution in [0.15, 0.2) is 63.0 Å². The standard InChI is InChI=1S/C32H40N5O17P3/c38-25-16-29(52-26(25)18-51-56(47,48)54-57(49,50)53-55(44,45)46)37-17-20(31(42)36-32(37)43)15-28(40)34-12-6-2-1-5-11-33-27(39)14-19-9-10-24-22(13-19)30(41)21-7-3-4-8-23(21)35-24/h3-4,7-10,13,17,25-26,29,38H,1-2,5-6,11-12,14-16,18H2,(H,33,39)(H,34,40)(H,35,41)(H,47,48)(H,49,50)(H,36,42,43)(H2,44,45,46)/t25-,26+,29+/m0/s1. The Bertz CT molecular complexity index is 2450. The van der Waals surface area contributed by atoms with Gasteiger partial charge in [0.15, 0.2) is 5.43 Å². The zero-order valence-electron chi connectivity index (χ0n) is 29.8. The summed E-state index contributed by atoms with van der Waals surface area (Å²) in [4.78, 5) is 104. The third kappa shape index (κ3) is 12.7. The number of phosphoric ester groups is 1. The van der Waals surface area contributed by atoms with E-state index < -0.39 is 72.1 Å². The second-order valence-corrected chi connectivity index (χ2v) is 17.4. The number of carbonyl (C=O) groups is 2. The minimum Gasteiger partial charge on any atom is -0.390 e. The summed E-state index contributed by atoms with van der Waals surface area (Å²) in [7, 11) is -16.9. The van der Waals surface area contributed by atoms with Gasteiger partial charge in [0.25, 0.3) is 5.56 Å². The number of unbranched alkanes of at least 4 members (excludes halogenated alkanes) is 3. The summed E-state index contributed by atoms with van der Waals surface area (Å²) in [6, 6.07) is 12.5. The molecular weight excluding hydrogens is 819 g/mol. The number of aliphatic hydroxyl groups excluding tert-OH is 1. The van der Waals surface area contributed by atoms with Crippen LogP contribution in [0.4, 0.5) is 0 Å². The lowest BCUT2D eigenvalue weighted by Gasteiger charge is -2.19. The quantitative estimate of drug-likeness (QED) is 0.0362. The van der Waals surface area contributed by atoms with Gasteiger partial charge in [-0.2, -0.15) is 8.62 Å². The van der Waals surface area contributed by atoms with E-state index in [1.54, 1.807) is 30.3 Å². The minimum atomic E-state index is -5.78. The van der Waals surface area contributed by atoms with Crippen LogP contribution in [0.2, 0.25) is 0 Å². The van der Waals surface area contributed by atoms with Gasteiger partial charge in [-0.3, -0.25) is 33.3 Å². The molecule has 310 valence electrons. The second-order valence-electron chi connectivity index (χ2n) is 13.0.